The molecule has 8 heteroatoms. The van der Waals surface area contributed by atoms with Crippen LogP contribution in [0.4, 0.5) is 4.39 Å². The Bertz CT molecular complexity index is 663. The summed E-state index contributed by atoms with van der Waals surface area (Å²) in [5, 5.41) is 8.99. The molecule has 0 saturated carbocycles. The second kappa shape index (κ2) is 6.22. The molecule has 20 heavy (non-hydrogen) atoms. The highest BCUT2D eigenvalue weighted by Gasteiger charge is 2.21. The zero-order valence-corrected chi connectivity index (χ0v) is 13.3. The summed E-state index contributed by atoms with van der Waals surface area (Å²) in [5.41, 5.74) is 0.360. The average Bonchev–Trinajstić information content (AvgIpc) is 2.43. The van der Waals surface area contributed by atoms with Crippen molar-refractivity contribution in [3.63, 3.8) is 0 Å². The van der Waals surface area contributed by atoms with E-state index in [1.165, 1.54) is 12.1 Å². The van der Waals surface area contributed by atoms with Crippen molar-refractivity contribution in [2.24, 2.45) is 0 Å². The van der Waals surface area contributed by atoms with Crippen molar-refractivity contribution >= 4 is 58.0 Å². The predicted octanol–water partition coefficient (Wildman–Crippen LogP) is 5.65. The van der Waals surface area contributed by atoms with E-state index in [0.29, 0.717) is 0 Å². The van der Waals surface area contributed by atoms with Crippen LogP contribution in [0.15, 0.2) is 12.1 Å². The molecule has 1 aromatic carbocycles. The number of aromatic nitrogens is 1. The first-order valence-electron chi connectivity index (χ1n) is 5.16. The number of aliphatic hydroxyl groups is 1. The molecule has 0 atom stereocenters. The molecular weight excluding hydrogens is 370 g/mol. The fourth-order valence-electron chi connectivity index (χ4n) is 1.55. The summed E-state index contributed by atoms with van der Waals surface area (Å²) in [6, 6.07) is 2.81. The lowest BCUT2D eigenvalue weighted by atomic mass is 10.1. The first kappa shape index (κ1) is 16.1. The molecule has 0 aliphatic heterocycles. The van der Waals surface area contributed by atoms with Gasteiger partial charge >= 0.3 is 0 Å². The summed E-state index contributed by atoms with van der Waals surface area (Å²) in [4.78, 5) is 3.69. The first-order chi connectivity index (χ1) is 9.38. The number of hydrogen-bond donors (Lipinski definition) is 1. The van der Waals surface area contributed by atoms with Gasteiger partial charge in [-0.3, -0.25) is 0 Å². The van der Waals surface area contributed by atoms with Gasteiger partial charge in [-0.15, -0.1) is 0 Å². The summed E-state index contributed by atoms with van der Waals surface area (Å²) in [6.45, 7) is -0.470. The number of nitrogens with zero attached hydrogens (tertiary/aromatic N) is 1. The first-order valence-corrected chi connectivity index (χ1v) is 7.05. The van der Waals surface area contributed by atoms with Gasteiger partial charge in [-0.05, 0) is 12.1 Å². The van der Waals surface area contributed by atoms with Crippen LogP contribution in [-0.4, -0.2) is 10.1 Å². The van der Waals surface area contributed by atoms with Crippen LogP contribution >= 0.6 is 58.0 Å². The van der Waals surface area contributed by atoms with Gasteiger partial charge in [0.15, 0.2) is 0 Å². The fourth-order valence-corrected chi connectivity index (χ4v) is 2.88. The Hall–Kier alpha value is -0.290. The third-order valence-corrected chi connectivity index (χ3v) is 4.84. The Morgan fingerprint density at radius 2 is 1.40 bits per heavy atom. The largest absolute Gasteiger partial charge is 0.392 e. The van der Waals surface area contributed by atoms with Gasteiger partial charge in [-0.2, -0.15) is 4.39 Å². The second-order valence-corrected chi connectivity index (χ2v) is 5.64. The van der Waals surface area contributed by atoms with E-state index in [0.717, 1.165) is 0 Å². The summed E-state index contributed by atoms with van der Waals surface area (Å²) < 4.78 is 13.6. The molecule has 0 aliphatic carbocycles. The number of halogens is 6. The van der Waals surface area contributed by atoms with Crippen LogP contribution in [0.25, 0.3) is 11.3 Å². The summed E-state index contributed by atoms with van der Waals surface area (Å²) in [6.07, 6.45) is 0. The quantitative estimate of drug-likeness (QED) is 0.418. The van der Waals surface area contributed by atoms with Crippen LogP contribution in [-0.2, 0) is 6.61 Å². The van der Waals surface area contributed by atoms with E-state index in [-0.39, 0.29) is 41.9 Å². The molecular formula is C12H5Cl5FNO. The maximum absolute atomic E-state index is 13.6. The Labute approximate surface area is 139 Å². The van der Waals surface area contributed by atoms with Crippen LogP contribution in [0.1, 0.15) is 5.56 Å². The van der Waals surface area contributed by atoms with Gasteiger partial charge in [0.25, 0.3) is 0 Å². The van der Waals surface area contributed by atoms with E-state index in [1.807, 2.05) is 0 Å². The van der Waals surface area contributed by atoms with Gasteiger partial charge in [0.2, 0.25) is 5.95 Å². The predicted molar refractivity (Wildman–Crippen MR) is 80.6 cm³/mol. The van der Waals surface area contributed by atoms with E-state index >= 15 is 0 Å². The molecule has 106 valence electrons. The number of aliphatic hydroxyl groups excluding tert-OH is 1. The molecule has 1 aromatic heterocycles. The Kier molecular flexibility index (Phi) is 5.00. The summed E-state index contributed by atoms with van der Waals surface area (Å²) >= 11 is 29.9. The lowest BCUT2D eigenvalue weighted by Crippen LogP contribution is -1.97. The number of rotatable bonds is 2. The van der Waals surface area contributed by atoms with E-state index in [1.54, 1.807) is 0 Å². The number of benzene rings is 1. The number of hydrogen-bond acceptors (Lipinski definition) is 2. The van der Waals surface area contributed by atoms with Crippen molar-refractivity contribution in [1.29, 1.82) is 0 Å². The van der Waals surface area contributed by atoms with Gasteiger partial charge < -0.3 is 5.11 Å². The van der Waals surface area contributed by atoms with Crippen molar-refractivity contribution in [1.82, 2.24) is 4.98 Å². The van der Waals surface area contributed by atoms with Gasteiger partial charge in [0.1, 0.15) is 0 Å². The summed E-state index contributed by atoms with van der Waals surface area (Å²) in [7, 11) is 0. The number of pyridine rings is 1. The highest BCUT2D eigenvalue weighted by atomic mass is 35.5. The van der Waals surface area contributed by atoms with Crippen molar-refractivity contribution in [2.45, 2.75) is 6.61 Å². The van der Waals surface area contributed by atoms with Crippen LogP contribution in [0.3, 0.4) is 0 Å². The van der Waals surface area contributed by atoms with Crippen LogP contribution < -0.4 is 0 Å². The molecule has 0 aliphatic rings. The SMILES string of the molecule is OCc1ccc(-c2c(Cl)c(Cl)c(Cl)c(Cl)c2Cl)nc1F. The van der Waals surface area contributed by atoms with Crippen molar-refractivity contribution in [3.8, 4) is 11.3 Å². The van der Waals surface area contributed by atoms with Gasteiger partial charge in [-0.1, -0.05) is 58.0 Å². The molecule has 0 spiro atoms. The Balaban J connectivity index is 2.73. The normalized spacial score (nSPS) is 10.9. The average molecular weight is 375 g/mol. The van der Waals surface area contributed by atoms with E-state index in [4.69, 9.17) is 63.1 Å². The van der Waals surface area contributed by atoms with Crippen molar-refractivity contribution in [3.05, 3.63) is 48.8 Å². The maximum Gasteiger partial charge on any atom is 0.218 e. The molecule has 2 nitrogen and oxygen atoms in total. The topological polar surface area (TPSA) is 33.1 Å². The minimum absolute atomic E-state index is 0.00572. The summed E-state index contributed by atoms with van der Waals surface area (Å²) in [5.74, 6) is -0.834. The zero-order chi connectivity index (χ0) is 15.0. The molecule has 1 heterocycles. The Morgan fingerprint density at radius 1 is 0.900 bits per heavy atom. The third-order valence-electron chi connectivity index (χ3n) is 2.56. The molecule has 2 aromatic rings. The minimum atomic E-state index is -0.834. The fraction of sp³-hybridized carbons (Fsp3) is 0.0833. The standard InChI is InChI=1S/C12H5Cl5FNO/c13-7-6(8(14)10(16)11(17)9(7)15)5-2-1-4(3-20)12(18)19-5/h1-2,20H,3H2. The van der Waals surface area contributed by atoms with Crippen LogP contribution in [0, 0.1) is 5.95 Å². The highest BCUT2D eigenvalue weighted by molar-refractivity contribution is 6.56. The van der Waals surface area contributed by atoms with Gasteiger partial charge in [0.05, 0.1) is 37.4 Å². The van der Waals surface area contributed by atoms with E-state index in [2.05, 4.69) is 4.98 Å². The van der Waals surface area contributed by atoms with Gasteiger partial charge in [0, 0.05) is 11.1 Å². The van der Waals surface area contributed by atoms with Crippen molar-refractivity contribution < 1.29 is 9.50 Å². The van der Waals surface area contributed by atoms with E-state index < -0.39 is 12.6 Å². The minimum Gasteiger partial charge on any atom is -0.392 e. The molecule has 2 rings (SSSR count). The maximum atomic E-state index is 13.6. The molecule has 0 saturated heterocycles. The van der Waals surface area contributed by atoms with E-state index in [9.17, 15) is 4.39 Å². The molecule has 0 unspecified atom stereocenters. The zero-order valence-electron chi connectivity index (χ0n) is 9.52. The van der Waals surface area contributed by atoms with Gasteiger partial charge in [-0.25, -0.2) is 4.98 Å². The monoisotopic (exact) mass is 373 g/mol. The molecule has 1 N–H and O–H groups in total. The lowest BCUT2D eigenvalue weighted by molar-refractivity contribution is 0.274. The molecule has 0 fully saturated rings. The second-order valence-electron chi connectivity index (χ2n) is 3.75. The van der Waals surface area contributed by atoms with Crippen LogP contribution in [0.2, 0.25) is 25.1 Å². The lowest BCUT2D eigenvalue weighted by Gasteiger charge is -2.12. The molecule has 0 radical (unpaired) electrons. The smallest absolute Gasteiger partial charge is 0.218 e. The Morgan fingerprint density at radius 3 is 1.85 bits per heavy atom. The van der Waals surface area contributed by atoms with Crippen molar-refractivity contribution in [2.75, 3.05) is 0 Å². The molecule has 0 bridgehead atoms. The highest BCUT2D eigenvalue weighted by Crippen LogP contribution is 2.47. The van der Waals surface area contributed by atoms with Crippen LogP contribution in [0.5, 0.6) is 0 Å². The molecule has 0 amide bonds. The third kappa shape index (κ3) is 2.71.